The van der Waals surface area contributed by atoms with Gasteiger partial charge in [-0.2, -0.15) is 0 Å². The fourth-order valence-electron chi connectivity index (χ4n) is 4.02. The molecule has 0 spiro atoms. The van der Waals surface area contributed by atoms with Crippen molar-refractivity contribution in [1.29, 1.82) is 0 Å². The highest BCUT2D eigenvalue weighted by molar-refractivity contribution is 5.89. The average molecular weight is 435 g/mol. The van der Waals surface area contributed by atoms with E-state index in [1.165, 1.54) is 12.1 Å². The highest BCUT2D eigenvalue weighted by atomic mass is 19.1. The Morgan fingerprint density at radius 3 is 2.31 bits per heavy atom. The quantitative estimate of drug-likeness (QED) is 0.624. The Balaban J connectivity index is 1.32. The van der Waals surface area contributed by atoms with E-state index in [1.807, 2.05) is 42.5 Å². The number of carbonyl (C=O) groups excluding carboxylic acids is 2. The minimum Gasteiger partial charge on any atom is -0.394 e. The van der Waals surface area contributed by atoms with Gasteiger partial charge in [0.1, 0.15) is 11.9 Å². The van der Waals surface area contributed by atoms with E-state index in [-0.39, 0.29) is 24.1 Å². The number of amides is 2. The first kappa shape index (κ1) is 21.8. The van der Waals surface area contributed by atoms with Crippen molar-refractivity contribution < 1.29 is 19.1 Å². The molecule has 2 N–H and O–H groups in total. The monoisotopic (exact) mass is 435 g/mol. The lowest BCUT2D eigenvalue weighted by Gasteiger charge is -2.37. The van der Waals surface area contributed by atoms with Crippen molar-refractivity contribution in [3.63, 3.8) is 0 Å². The van der Waals surface area contributed by atoms with Crippen molar-refractivity contribution in [2.75, 3.05) is 37.7 Å². The van der Waals surface area contributed by atoms with E-state index in [9.17, 15) is 19.1 Å². The van der Waals surface area contributed by atoms with Crippen molar-refractivity contribution in [3.8, 4) is 0 Å². The van der Waals surface area contributed by atoms with Gasteiger partial charge in [-0.15, -0.1) is 0 Å². The van der Waals surface area contributed by atoms with Crippen LogP contribution in [0.1, 0.15) is 5.56 Å². The molecule has 1 fully saturated rings. The number of aliphatic hydroxyl groups excluding tert-OH is 1. The summed E-state index contributed by atoms with van der Waals surface area (Å²) in [6.07, 6.45) is 0.132. The lowest BCUT2D eigenvalue weighted by atomic mass is 10.0. The molecular weight excluding hydrogens is 409 g/mol. The van der Waals surface area contributed by atoms with E-state index < -0.39 is 12.6 Å². The summed E-state index contributed by atoms with van der Waals surface area (Å²) in [5.41, 5.74) is 1.75. The number of halogens is 1. The molecule has 0 saturated carbocycles. The summed E-state index contributed by atoms with van der Waals surface area (Å²) in [7, 11) is 0. The molecule has 0 bridgehead atoms. The van der Waals surface area contributed by atoms with Gasteiger partial charge in [0, 0.05) is 31.9 Å². The van der Waals surface area contributed by atoms with E-state index in [1.54, 1.807) is 17.0 Å². The standard InChI is InChI=1S/C25H26FN3O3/c26-21-7-9-22(10-8-21)28-11-13-29(14-12-28)25(32)23(17-30)27-24(31)16-18-5-6-19-3-1-2-4-20(19)15-18/h1-10,15,23,30H,11-14,16-17H2,(H,27,31). The summed E-state index contributed by atoms with van der Waals surface area (Å²) < 4.78 is 13.1. The van der Waals surface area contributed by atoms with Crippen LogP contribution in [0.2, 0.25) is 0 Å². The minimum atomic E-state index is -0.972. The fraction of sp³-hybridized carbons (Fsp3) is 0.280. The maximum Gasteiger partial charge on any atom is 0.247 e. The van der Waals surface area contributed by atoms with E-state index in [4.69, 9.17) is 0 Å². The maximum absolute atomic E-state index is 13.1. The first-order valence-electron chi connectivity index (χ1n) is 10.7. The molecule has 1 atom stereocenters. The zero-order chi connectivity index (χ0) is 22.5. The number of nitrogens with one attached hydrogen (secondary N) is 1. The predicted molar refractivity (Wildman–Crippen MR) is 122 cm³/mol. The first-order chi connectivity index (χ1) is 15.5. The van der Waals surface area contributed by atoms with Crippen molar-refractivity contribution in [2.24, 2.45) is 0 Å². The molecule has 1 unspecified atom stereocenters. The topological polar surface area (TPSA) is 72.9 Å². The van der Waals surface area contributed by atoms with Crippen LogP contribution in [0.15, 0.2) is 66.7 Å². The second-order valence-electron chi connectivity index (χ2n) is 7.95. The van der Waals surface area contributed by atoms with Crippen LogP contribution < -0.4 is 10.2 Å². The van der Waals surface area contributed by atoms with Crippen LogP contribution in [0.4, 0.5) is 10.1 Å². The van der Waals surface area contributed by atoms with E-state index in [0.717, 1.165) is 22.0 Å². The van der Waals surface area contributed by atoms with E-state index >= 15 is 0 Å². The van der Waals surface area contributed by atoms with Crippen molar-refractivity contribution in [3.05, 3.63) is 78.1 Å². The van der Waals surface area contributed by atoms with Crippen molar-refractivity contribution >= 4 is 28.3 Å². The number of hydrogen-bond donors (Lipinski definition) is 2. The largest absolute Gasteiger partial charge is 0.394 e. The van der Waals surface area contributed by atoms with E-state index in [0.29, 0.717) is 26.2 Å². The van der Waals surface area contributed by atoms with Gasteiger partial charge in [0.2, 0.25) is 11.8 Å². The van der Waals surface area contributed by atoms with Gasteiger partial charge in [0.15, 0.2) is 0 Å². The number of fused-ring (bicyclic) bond motifs is 1. The normalized spacial score (nSPS) is 14.9. The van der Waals surface area contributed by atoms with Crippen molar-refractivity contribution in [1.82, 2.24) is 10.2 Å². The van der Waals surface area contributed by atoms with Gasteiger partial charge in [0.05, 0.1) is 13.0 Å². The molecule has 1 aliphatic rings. The average Bonchev–Trinajstić information content (AvgIpc) is 2.82. The third-order valence-electron chi connectivity index (χ3n) is 5.78. The molecule has 6 nitrogen and oxygen atoms in total. The van der Waals surface area contributed by atoms with Gasteiger partial charge in [0.25, 0.3) is 0 Å². The number of anilines is 1. The highest BCUT2D eigenvalue weighted by Crippen LogP contribution is 2.18. The number of aliphatic hydroxyl groups is 1. The molecule has 1 heterocycles. The highest BCUT2D eigenvalue weighted by Gasteiger charge is 2.28. The maximum atomic E-state index is 13.1. The Morgan fingerprint density at radius 1 is 0.938 bits per heavy atom. The Bertz CT molecular complexity index is 1100. The second-order valence-corrected chi connectivity index (χ2v) is 7.95. The lowest BCUT2D eigenvalue weighted by molar-refractivity contribution is -0.137. The van der Waals surface area contributed by atoms with E-state index in [2.05, 4.69) is 10.2 Å². The lowest BCUT2D eigenvalue weighted by Crippen LogP contribution is -2.56. The van der Waals surface area contributed by atoms with Crippen LogP contribution in [-0.4, -0.2) is 60.6 Å². The minimum absolute atomic E-state index is 0.132. The Hall–Kier alpha value is -3.45. The summed E-state index contributed by atoms with van der Waals surface area (Å²) in [6.45, 7) is 1.67. The predicted octanol–water partition coefficient (Wildman–Crippen LogP) is 2.35. The number of piperazine rings is 1. The van der Waals surface area contributed by atoms with Crippen LogP contribution in [0, 0.1) is 5.82 Å². The Labute approximate surface area is 186 Å². The fourth-order valence-corrected chi connectivity index (χ4v) is 4.02. The number of carbonyl (C=O) groups is 2. The molecule has 0 radical (unpaired) electrons. The van der Waals surface area contributed by atoms with Gasteiger partial charge in [-0.05, 0) is 40.6 Å². The first-order valence-corrected chi connectivity index (χ1v) is 10.7. The second kappa shape index (κ2) is 9.78. The Morgan fingerprint density at radius 2 is 1.62 bits per heavy atom. The van der Waals surface area contributed by atoms with Gasteiger partial charge in [-0.1, -0.05) is 42.5 Å². The van der Waals surface area contributed by atoms with Gasteiger partial charge in [-0.25, -0.2) is 4.39 Å². The SMILES string of the molecule is O=C(Cc1ccc2ccccc2c1)NC(CO)C(=O)N1CCN(c2ccc(F)cc2)CC1. The summed E-state index contributed by atoms with van der Waals surface area (Å²) in [4.78, 5) is 29.1. The summed E-state index contributed by atoms with van der Waals surface area (Å²) in [5.74, 6) is -0.886. The summed E-state index contributed by atoms with van der Waals surface area (Å²) in [6, 6.07) is 19.0. The molecule has 32 heavy (non-hydrogen) atoms. The van der Waals surface area contributed by atoms with Crippen LogP contribution >= 0.6 is 0 Å². The van der Waals surface area contributed by atoms with Gasteiger partial charge < -0.3 is 20.2 Å². The zero-order valence-electron chi connectivity index (χ0n) is 17.7. The molecule has 4 rings (SSSR count). The molecule has 3 aromatic rings. The van der Waals surface area contributed by atoms with Gasteiger partial charge in [-0.3, -0.25) is 9.59 Å². The summed E-state index contributed by atoms with van der Waals surface area (Å²) in [5, 5.41) is 14.6. The molecular formula is C25H26FN3O3. The zero-order valence-corrected chi connectivity index (χ0v) is 17.7. The molecule has 0 aliphatic carbocycles. The van der Waals surface area contributed by atoms with Crippen LogP contribution in [0.25, 0.3) is 10.8 Å². The third-order valence-corrected chi connectivity index (χ3v) is 5.78. The molecule has 1 saturated heterocycles. The van der Waals surface area contributed by atoms with Gasteiger partial charge >= 0.3 is 0 Å². The number of rotatable bonds is 6. The molecule has 7 heteroatoms. The van der Waals surface area contributed by atoms with Crippen LogP contribution in [0.3, 0.4) is 0 Å². The van der Waals surface area contributed by atoms with Crippen molar-refractivity contribution in [2.45, 2.75) is 12.5 Å². The number of benzene rings is 3. The molecule has 3 aromatic carbocycles. The molecule has 1 aliphatic heterocycles. The number of nitrogens with zero attached hydrogens (tertiary/aromatic N) is 2. The third kappa shape index (κ3) is 5.06. The smallest absolute Gasteiger partial charge is 0.247 e. The number of hydrogen-bond acceptors (Lipinski definition) is 4. The molecule has 0 aromatic heterocycles. The summed E-state index contributed by atoms with van der Waals surface area (Å²) >= 11 is 0. The van der Waals surface area contributed by atoms with Crippen LogP contribution in [0.5, 0.6) is 0 Å². The Kier molecular flexibility index (Phi) is 6.66. The molecule has 2 amide bonds. The molecule has 166 valence electrons. The van der Waals surface area contributed by atoms with Crippen LogP contribution in [-0.2, 0) is 16.0 Å².